The van der Waals surface area contributed by atoms with Gasteiger partial charge in [-0.1, -0.05) is 0 Å². The molecule has 0 saturated heterocycles. The first kappa shape index (κ1) is 23.7. The monoisotopic (exact) mass is 428 g/mol. The van der Waals surface area contributed by atoms with E-state index < -0.39 is 0 Å². The van der Waals surface area contributed by atoms with E-state index in [2.05, 4.69) is 20.9 Å². The van der Waals surface area contributed by atoms with Gasteiger partial charge in [-0.2, -0.15) is 0 Å². The summed E-state index contributed by atoms with van der Waals surface area (Å²) in [6, 6.07) is 0. The zero-order valence-electron chi connectivity index (χ0n) is 14.6. The Morgan fingerprint density at radius 3 is 2.36 bits per heavy atom. The lowest BCUT2D eigenvalue weighted by molar-refractivity contribution is -0.121. The van der Waals surface area contributed by atoms with Gasteiger partial charge in [0.1, 0.15) is 6.54 Å². The minimum atomic E-state index is -0.225. The third-order valence-corrected chi connectivity index (χ3v) is 2.45. The van der Waals surface area contributed by atoms with Crippen LogP contribution in [-0.4, -0.2) is 50.3 Å². The summed E-state index contributed by atoms with van der Waals surface area (Å²) >= 11 is 0. The molecule has 22 heavy (non-hydrogen) atoms. The van der Waals surface area contributed by atoms with Gasteiger partial charge < -0.3 is 20.7 Å². The lowest BCUT2D eigenvalue weighted by atomic mass is 10.1. The van der Waals surface area contributed by atoms with Crippen molar-refractivity contribution in [3.63, 3.8) is 0 Å². The van der Waals surface area contributed by atoms with E-state index in [0.29, 0.717) is 5.96 Å². The number of nitrogens with one attached hydrogen (secondary N) is 3. The third-order valence-electron chi connectivity index (χ3n) is 2.45. The molecule has 0 unspecified atom stereocenters. The molecule has 0 spiro atoms. The minimum Gasteiger partial charge on any atom is -0.382 e. The summed E-state index contributed by atoms with van der Waals surface area (Å²) in [5, 5.41) is 9.24. The molecule has 1 amide bonds. The number of hydrogen-bond donors (Lipinski definition) is 3. The zero-order valence-corrected chi connectivity index (χ0v) is 17.0. The maximum absolute atomic E-state index is 11.7. The lowest BCUT2D eigenvalue weighted by Gasteiger charge is -2.20. The maximum Gasteiger partial charge on any atom is 0.242 e. The number of hydrogen-bond acceptors (Lipinski definition) is 3. The molecule has 0 fully saturated rings. The van der Waals surface area contributed by atoms with Gasteiger partial charge in [0.2, 0.25) is 5.91 Å². The van der Waals surface area contributed by atoms with E-state index in [1.807, 2.05) is 34.6 Å². The molecule has 0 aromatic carbocycles. The molecule has 3 N–H and O–H groups in total. The second kappa shape index (κ2) is 14.0. The van der Waals surface area contributed by atoms with E-state index in [-0.39, 0.29) is 42.0 Å². The van der Waals surface area contributed by atoms with Gasteiger partial charge >= 0.3 is 0 Å². The van der Waals surface area contributed by atoms with E-state index in [1.54, 1.807) is 0 Å². The Kier molecular flexibility index (Phi) is 15.1. The summed E-state index contributed by atoms with van der Waals surface area (Å²) in [6.07, 6.45) is 2.03. The Morgan fingerprint density at radius 1 is 1.14 bits per heavy atom. The molecule has 0 aliphatic carbocycles. The highest BCUT2D eigenvalue weighted by Crippen LogP contribution is 1.97. The Labute approximate surface area is 152 Å². The minimum absolute atomic E-state index is 0. The topological polar surface area (TPSA) is 74.8 Å². The molecule has 0 aromatic rings. The number of ether oxygens (including phenoxy) is 1. The molecule has 0 aliphatic rings. The first-order valence-corrected chi connectivity index (χ1v) is 7.80. The molecular weight excluding hydrogens is 395 g/mol. The first-order chi connectivity index (χ1) is 9.89. The molecule has 0 aliphatic heterocycles. The Balaban J connectivity index is 0. The molecule has 0 saturated carbocycles. The summed E-state index contributed by atoms with van der Waals surface area (Å²) in [5.74, 6) is 0.606. The number of aliphatic imine (C=N–C) groups is 1. The van der Waals surface area contributed by atoms with Gasteiger partial charge in [-0.15, -0.1) is 24.0 Å². The Morgan fingerprint density at radius 2 is 1.82 bits per heavy atom. The van der Waals surface area contributed by atoms with Crippen molar-refractivity contribution in [3.8, 4) is 0 Å². The highest BCUT2D eigenvalue weighted by atomic mass is 127. The van der Waals surface area contributed by atoms with Crippen molar-refractivity contribution in [1.29, 1.82) is 0 Å². The van der Waals surface area contributed by atoms with Gasteiger partial charge in [-0.25, -0.2) is 4.99 Å². The number of guanidine groups is 1. The van der Waals surface area contributed by atoms with Gasteiger partial charge in [0.05, 0.1) is 0 Å². The Hall–Kier alpha value is -0.570. The van der Waals surface area contributed by atoms with Crippen molar-refractivity contribution in [1.82, 2.24) is 16.0 Å². The lowest BCUT2D eigenvalue weighted by Crippen LogP contribution is -2.43. The smallest absolute Gasteiger partial charge is 0.242 e. The molecule has 0 heterocycles. The molecule has 0 radical (unpaired) electrons. The number of carbonyl (C=O) groups excluding carboxylic acids is 1. The summed E-state index contributed by atoms with van der Waals surface area (Å²) in [4.78, 5) is 16.0. The largest absolute Gasteiger partial charge is 0.382 e. The predicted molar refractivity (Wildman–Crippen MR) is 103 cm³/mol. The zero-order chi connectivity index (χ0) is 16.1. The fourth-order valence-electron chi connectivity index (χ4n) is 1.63. The van der Waals surface area contributed by atoms with Gasteiger partial charge in [0.15, 0.2) is 5.96 Å². The van der Waals surface area contributed by atoms with Crippen molar-refractivity contribution in [2.24, 2.45) is 4.99 Å². The summed E-state index contributed by atoms with van der Waals surface area (Å²) < 4.78 is 5.29. The molecule has 0 bridgehead atoms. The van der Waals surface area contributed by atoms with Crippen LogP contribution >= 0.6 is 24.0 Å². The van der Waals surface area contributed by atoms with Crippen molar-refractivity contribution in [2.45, 2.75) is 53.0 Å². The average Bonchev–Trinajstić information content (AvgIpc) is 2.37. The third kappa shape index (κ3) is 15.8. The van der Waals surface area contributed by atoms with E-state index in [0.717, 1.165) is 39.1 Å². The maximum atomic E-state index is 11.7. The SMILES string of the molecule is CCNC(=NCC(=O)NC(C)(C)C)NCCCCOCC.I. The number of unbranched alkanes of at least 4 members (excludes halogenated alkanes) is 1. The van der Waals surface area contributed by atoms with Crippen LogP contribution in [0.3, 0.4) is 0 Å². The molecule has 6 nitrogen and oxygen atoms in total. The summed E-state index contributed by atoms with van der Waals surface area (Å²) in [6.45, 7) is 13.1. The van der Waals surface area contributed by atoms with Crippen LogP contribution in [0.25, 0.3) is 0 Å². The van der Waals surface area contributed by atoms with E-state index in [9.17, 15) is 4.79 Å². The number of nitrogens with zero attached hydrogens (tertiary/aromatic N) is 1. The van der Waals surface area contributed by atoms with Crippen molar-refractivity contribution in [3.05, 3.63) is 0 Å². The molecular formula is C15H33IN4O2. The Bertz CT molecular complexity index is 317. The number of rotatable bonds is 9. The van der Waals surface area contributed by atoms with E-state index >= 15 is 0 Å². The van der Waals surface area contributed by atoms with Gasteiger partial charge in [-0.3, -0.25) is 4.79 Å². The number of amides is 1. The van der Waals surface area contributed by atoms with Crippen LogP contribution in [-0.2, 0) is 9.53 Å². The van der Waals surface area contributed by atoms with Gasteiger partial charge in [0.25, 0.3) is 0 Å². The summed E-state index contributed by atoms with van der Waals surface area (Å²) in [5.41, 5.74) is -0.225. The quantitative estimate of drug-likeness (QED) is 0.227. The van der Waals surface area contributed by atoms with Crippen molar-refractivity contribution < 1.29 is 9.53 Å². The second-order valence-electron chi connectivity index (χ2n) is 5.82. The van der Waals surface area contributed by atoms with E-state index in [4.69, 9.17) is 4.74 Å². The predicted octanol–water partition coefficient (Wildman–Crippen LogP) is 1.89. The molecule has 0 aromatic heterocycles. The molecule has 7 heteroatoms. The van der Waals surface area contributed by atoms with Crippen LogP contribution in [0, 0.1) is 0 Å². The van der Waals surface area contributed by atoms with Crippen molar-refractivity contribution in [2.75, 3.05) is 32.8 Å². The molecule has 0 rings (SSSR count). The van der Waals surface area contributed by atoms with Crippen LogP contribution in [0.5, 0.6) is 0 Å². The normalized spacial score (nSPS) is 11.6. The van der Waals surface area contributed by atoms with Crippen LogP contribution in [0.1, 0.15) is 47.5 Å². The van der Waals surface area contributed by atoms with E-state index in [1.165, 1.54) is 0 Å². The van der Waals surface area contributed by atoms with Crippen LogP contribution in [0.2, 0.25) is 0 Å². The highest BCUT2D eigenvalue weighted by molar-refractivity contribution is 14.0. The average molecular weight is 428 g/mol. The second-order valence-corrected chi connectivity index (χ2v) is 5.82. The number of halogens is 1. The molecule has 132 valence electrons. The van der Waals surface area contributed by atoms with Crippen molar-refractivity contribution >= 4 is 35.8 Å². The number of carbonyl (C=O) groups is 1. The summed E-state index contributed by atoms with van der Waals surface area (Å²) in [7, 11) is 0. The van der Waals surface area contributed by atoms with Gasteiger partial charge in [0, 0.05) is 31.8 Å². The van der Waals surface area contributed by atoms with Crippen LogP contribution in [0.15, 0.2) is 4.99 Å². The highest BCUT2D eigenvalue weighted by Gasteiger charge is 2.13. The fourth-order valence-corrected chi connectivity index (χ4v) is 1.63. The molecule has 0 atom stereocenters. The standard InChI is InChI=1S/C15H32N4O2.HI/c1-6-16-14(17-10-8-9-11-21-7-2)18-12-13(20)19-15(3,4)5;/h6-12H2,1-5H3,(H,19,20)(H2,16,17,18);1H. The van der Waals surface area contributed by atoms with Crippen LogP contribution < -0.4 is 16.0 Å². The van der Waals surface area contributed by atoms with Gasteiger partial charge in [-0.05, 0) is 47.5 Å². The first-order valence-electron chi connectivity index (χ1n) is 7.80. The van der Waals surface area contributed by atoms with Crippen LogP contribution in [0.4, 0.5) is 0 Å². The fraction of sp³-hybridized carbons (Fsp3) is 0.867.